The van der Waals surface area contributed by atoms with Crippen LogP contribution in [0, 0.1) is 21.8 Å². The Bertz CT molecular complexity index is 447. The van der Waals surface area contributed by atoms with Crippen molar-refractivity contribution in [2.24, 2.45) is 5.92 Å². The lowest BCUT2D eigenvalue weighted by Crippen LogP contribution is -2.38. The Balaban J connectivity index is 1.93. The summed E-state index contributed by atoms with van der Waals surface area (Å²) in [6.07, 6.45) is 1.79. The Morgan fingerprint density at radius 2 is 2.28 bits per heavy atom. The first-order valence-corrected chi connectivity index (χ1v) is 5.85. The summed E-state index contributed by atoms with van der Waals surface area (Å²) >= 11 is 0. The van der Waals surface area contributed by atoms with Gasteiger partial charge in [0, 0.05) is 6.07 Å². The highest BCUT2D eigenvalue weighted by Crippen LogP contribution is 2.32. The summed E-state index contributed by atoms with van der Waals surface area (Å²) in [6, 6.07) is 3.46. The van der Waals surface area contributed by atoms with E-state index in [4.69, 9.17) is 4.74 Å². The van der Waals surface area contributed by atoms with Crippen LogP contribution in [0.3, 0.4) is 0 Å². The van der Waals surface area contributed by atoms with E-state index >= 15 is 0 Å². The largest absolute Gasteiger partial charge is 0.487 e. The van der Waals surface area contributed by atoms with E-state index < -0.39 is 10.7 Å². The molecule has 1 fully saturated rings. The van der Waals surface area contributed by atoms with Crippen LogP contribution in [0.25, 0.3) is 0 Å². The van der Waals surface area contributed by atoms with Crippen molar-refractivity contribution in [1.82, 2.24) is 5.32 Å². The number of nitrogens with one attached hydrogen (secondary N) is 1. The monoisotopic (exact) mass is 254 g/mol. The SMILES string of the molecule is CNCC1CC(Oc2ccc([N+](=O)[O-])cc2F)C1. The van der Waals surface area contributed by atoms with Gasteiger partial charge in [0.1, 0.15) is 0 Å². The number of non-ortho nitro benzene ring substituents is 1. The lowest BCUT2D eigenvalue weighted by Gasteiger charge is -2.35. The molecule has 1 aromatic rings. The molecule has 0 saturated heterocycles. The molecular formula is C12H15FN2O3. The molecule has 1 saturated carbocycles. The first-order valence-electron chi connectivity index (χ1n) is 5.85. The van der Waals surface area contributed by atoms with Crippen LogP contribution in [-0.4, -0.2) is 24.6 Å². The second-order valence-electron chi connectivity index (χ2n) is 4.51. The van der Waals surface area contributed by atoms with E-state index in [1.165, 1.54) is 12.1 Å². The summed E-state index contributed by atoms with van der Waals surface area (Å²) in [6.45, 7) is 0.933. The highest BCUT2D eigenvalue weighted by atomic mass is 19.1. The number of benzene rings is 1. The molecule has 0 aromatic heterocycles. The molecule has 0 radical (unpaired) electrons. The Labute approximate surface area is 104 Å². The molecule has 0 spiro atoms. The zero-order valence-corrected chi connectivity index (χ0v) is 10.1. The standard InChI is InChI=1S/C12H15FN2O3/c1-14-7-8-4-10(5-8)18-12-3-2-9(15(16)17)6-11(12)13/h2-3,6,8,10,14H,4-5,7H2,1H3. The van der Waals surface area contributed by atoms with Crippen LogP contribution in [0.1, 0.15) is 12.8 Å². The summed E-state index contributed by atoms with van der Waals surface area (Å²) in [5.74, 6) is -0.0177. The quantitative estimate of drug-likeness (QED) is 0.645. The molecule has 1 aromatic carbocycles. The molecule has 0 amide bonds. The maximum atomic E-state index is 13.5. The zero-order chi connectivity index (χ0) is 13.1. The van der Waals surface area contributed by atoms with Crippen molar-refractivity contribution in [2.45, 2.75) is 18.9 Å². The molecule has 0 unspecified atom stereocenters. The minimum atomic E-state index is -0.679. The Morgan fingerprint density at radius 3 is 2.83 bits per heavy atom. The predicted molar refractivity (Wildman–Crippen MR) is 64.1 cm³/mol. The third kappa shape index (κ3) is 2.76. The van der Waals surface area contributed by atoms with E-state index in [1.807, 2.05) is 7.05 Å². The molecule has 0 atom stereocenters. The number of nitro benzene ring substituents is 1. The third-order valence-electron chi connectivity index (χ3n) is 3.11. The fraction of sp³-hybridized carbons (Fsp3) is 0.500. The van der Waals surface area contributed by atoms with Crippen molar-refractivity contribution in [1.29, 1.82) is 0 Å². The summed E-state index contributed by atoms with van der Waals surface area (Å²) < 4.78 is 19.0. The number of hydrogen-bond donors (Lipinski definition) is 1. The van der Waals surface area contributed by atoms with Gasteiger partial charge in [0.2, 0.25) is 0 Å². The van der Waals surface area contributed by atoms with Crippen molar-refractivity contribution in [3.63, 3.8) is 0 Å². The van der Waals surface area contributed by atoms with Crippen LogP contribution in [0.15, 0.2) is 18.2 Å². The zero-order valence-electron chi connectivity index (χ0n) is 10.1. The molecule has 98 valence electrons. The molecular weight excluding hydrogens is 239 g/mol. The van der Waals surface area contributed by atoms with Crippen molar-refractivity contribution in [3.05, 3.63) is 34.1 Å². The maximum absolute atomic E-state index is 13.5. The summed E-state index contributed by atoms with van der Waals surface area (Å²) in [5.41, 5.74) is -0.262. The molecule has 0 heterocycles. The van der Waals surface area contributed by atoms with Gasteiger partial charge < -0.3 is 10.1 Å². The summed E-state index contributed by atoms with van der Waals surface area (Å²) in [7, 11) is 1.89. The molecule has 2 rings (SSSR count). The van der Waals surface area contributed by atoms with E-state index in [0.717, 1.165) is 25.5 Å². The van der Waals surface area contributed by atoms with Crippen LogP contribution in [-0.2, 0) is 0 Å². The number of ether oxygens (including phenoxy) is 1. The predicted octanol–water partition coefficient (Wildman–Crippen LogP) is 2.11. The smallest absolute Gasteiger partial charge is 0.272 e. The highest BCUT2D eigenvalue weighted by Gasteiger charge is 2.30. The van der Waals surface area contributed by atoms with Crippen LogP contribution < -0.4 is 10.1 Å². The molecule has 6 heteroatoms. The fourth-order valence-electron chi connectivity index (χ4n) is 2.10. The maximum Gasteiger partial charge on any atom is 0.272 e. The van der Waals surface area contributed by atoms with Gasteiger partial charge in [-0.1, -0.05) is 0 Å². The van der Waals surface area contributed by atoms with E-state index in [2.05, 4.69) is 5.32 Å². The van der Waals surface area contributed by atoms with Gasteiger partial charge in [-0.15, -0.1) is 0 Å². The molecule has 0 aliphatic heterocycles. The molecule has 1 aliphatic carbocycles. The first-order chi connectivity index (χ1) is 8.60. The van der Waals surface area contributed by atoms with Gasteiger partial charge >= 0.3 is 0 Å². The summed E-state index contributed by atoms with van der Waals surface area (Å²) in [5, 5.41) is 13.5. The van der Waals surface area contributed by atoms with Crippen LogP contribution in [0.4, 0.5) is 10.1 Å². The second-order valence-corrected chi connectivity index (χ2v) is 4.51. The van der Waals surface area contributed by atoms with E-state index in [0.29, 0.717) is 5.92 Å². The lowest BCUT2D eigenvalue weighted by molar-refractivity contribution is -0.385. The van der Waals surface area contributed by atoms with Crippen LogP contribution in [0.2, 0.25) is 0 Å². The molecule has 1 N–H and O–H groups in total. The van der Waals surface area contributed by atoms with E-state index in [-0.39, 0.29) is 17.5 Å². The average molecular weight is 254 g/mol. The van der Waals surface area contributed by atoms with Crippen molar-refractivity contribution in [3.8, 4) is 5.75 Å². The van der Waals surface area contributed by atoms with E-state index in [9.17, 15) is 14.5 Å². The topological polar surface area (TPSA) is 64.4 Å². The highest BCUT2D eigenvalue weighted by molar-refractivity contribution is 5.37. The van der Waals surface area contributed by atoms with Gasteiger partial charge in [-0.25, -0.2) is 4.39 Å². The Morgan fingerprint density at radius 1 is 1.56 bits per heavy atom. The Hall–Kier alpha value is -1.69. The van der Waals surface area contributed by atoms with Crippen molar-refractivity contribution >= 4 is 5.69 Å². The first kappa shape index (κ1) is 12.8. The normalized spacial score (nSPS) is 22.3. The number of rotatable bonds is 5. The van der Waals surface area contributed by atoms with Crippen LogP contribution >= 0.6 is 0 Å². The van der Waals surface area contributed by atoms with Gasteiger partial charge in [0.05, 0.1) is 17.1 Å². The molecule has 18 heavy (non-hydrogen) atoms. The van der Waals surface area contributed by atoms with Gasteiger partial charge in [-0.3, -0.25) is 10.1 Å². The van der Waals surface area contributed by atoms with E-state index in [1.54, 1.807) is 0 Å². The van der Waals surface area contributed by atoms with Gasteiger partial charge in [0.15, 0.2) is 11.6 Å². The van der Waals surface area contributed by atoms with Gasteiger partial charge in [-0.05, 0) is 38.4 Å². The van der Waals surface area contributed by atoms with Crippen molar-refractivity contribution in [2.75, 3.05) is 13.6 Å². The summed E-state index contributed by atoms with van der Waals surface area (Å²) in [4.78, 5) is 9.83. The van der Waals surface area contributed by atoms with Crippen molar-refractivity contribution < 1.29 is 14.1 Å². The van der Waals surface area contributed by atoms with Crippen LogP contribution in [0.5, 0.6) is 5.75 Å². The number of halogens is 1. The number of hydrogen-bond acceptors (Lipinski definition) is 4. The number of nitrogens with zero attached hydrogens (tertiary/aromatic N) is 1. The lowest BCUT2D eigenvalue weighted by atomic mass is 9.82. The second kappa shape index (κ2) is 5.30. The third-order valence-corrected chi connectivity index (χ3v) is 3.11. The fourth-order valence-corrected chi connectivity index (χ4v) is 2.10. The molecule has 5 nitrogen and oxygen atoms in total. The van der Waals surface area contributed by atoms with Gasteiger partial charge in [-0.2, -0.15) is 0 Å². The molecule has 1 aliphatic rings. The Kier molecular flexibility index (Phi) is 3.76. The minimum absolute atomic E-state index is 0.0132. The number of nitro groups is 1. The van der Waals surface area contributed by atoms with Gasteiger partial charge in [0.25, 0.3) is 5.69 Å². The minimum Gasteiger partial charge on any atom is -0.487 e. The molecule has 0 bridgehead atoms. The average Bonchev–Trinajstić information content (AvgIpc) is 2.28.